The number of aromatic amines is 1. The van der Waals surface area contributed by atoms with Crippen LogP contribution in [0.25, 0.3) is 10.9 Å². The highest BCUT2D eigenvalue weighted by Gasteiger charge is 2.40. The minimum atomic E-state index is -0.749. The van der Waals surface area contributed by atoms with Crippen LogP contribution >= 0.6 is 11.3 Å². The molecule has 0 spiro atoms. The SMILES string of the molecule is C=Nc1cc(NCc2scnc2C(=O)N2Cc3[nH]c4ccc(F)cc4c3C[C@@H]2C(=O)N2CCOCC2)ccc1N=CC. The van der Waals surface area contributed by atoms with Gasteiger partial charge in [0.05, 0.1) is 48.1 Å². The first-order chi connectivity index (χ1) is 20.5. The predicted molar refractivity (Wildman–Crippen MR) is 162 cm³/mol. The molecule has 0 bridgehead atoms. The van der Waals surface area contributed by atoms with Crippen LogP contribution in [0.15, 0.2) is 51.9 Å². The summed E-state index contributed by atoms with van der Waals surface area (Å²) in [6.45, 7) is 7.83. The van der Waals surface area contributed by atoms with Crippen LogP contribution in [0.5, 0.6) is 0 Å². The third-order valence-electron chi connectivity index (χ3n) is 7.64. The maximum atomic E-state index is 14.2. The van der Waals surface area contributed by atoms with E-state index in [2.05, 4.69) is 32.0 Å². The lowest BCUT2D eigenvalue weighted by Crippen LogP contribution is -2.55. The van der Waals surface area contributed by atoms with Gasteiger partial charge in [0.15, 0.2) is 0 Å². The summed E-state index contributed by atoms with van der Waals surface area (Å²) in [5.41, 5.74) is 6.53. The van der Waals surface area contributed by atoms with Crippen molar-refractivity contribution in [2.45, 2.75) is 32.5 Å². The number of hydrogen-bond acceptors (Lipinski definition) is 8. The fraction of sp³-hybridized carbons (Fsp3) is 0.300. The highest BCUT2D eigenvalue weighted by atomic mass is 32.1. The van der Waals surface area contributed by atoms with E-state index in [1.54, 1.807) is 27.6 Å². The lowest BCUT2D eigenvalue weighted by molar-refractivity contribution is -0.140. The summed E-state index contributed by atoms with van der Waals surface area (Å²) in [5.74, 6) is -0.810. The Kier molecular flexibility index (Phi) is 7.81. The summed E-state index contributed by atoms with van der Waals surface area (Å²) in [7, 11) is 0. The highest BCUT2D eigenvalue weighted by Crippen LogP contribution is 2.34. The number of H-pyrrole nitrogens is 1. The van der Waals surface area contributed by atoms with Crippen LogP contribution in [0.4, 0.5) is 21.5 Å². The van der Waals surface area contributed by atoms with Gasteiger partial charge >= 0.3 is 0 Å². The zero-order chi connectivity index (χ0) is 29.2. The van der Waals surface area contributed by atoms with Gasteiger partial charge in [-0.1, -0.05) is 0 Å². The van der Waals surface area contributed by atoms with Crippen molar-refractivity contribution in [3.05, 3.63) is 69.6 Å². The summed E-state index contributed by atoms with van der Waals surface area (Å²) < 4.78 is 19.6. The molecular weight excluding hydrogens is 557 g/mol. The molecule has 2 N–H and O–H groups in total. The number of anilines is 1. The Balaban J connectivity index is 1.28. The number of rotatable bonds is 7. The average Bonchev–Trinajstić information content (AvgIpc) is 3.63. The number of nitrogens with zero attached hydrogens (tertiary/aromatic N) is 5. The summed E-state index contributed by atoms with van der Waals surface area (Å²) in [6.07, 6.45) is 1.98. The second kappa shape index (κ2) is 11.8. The first kappa shape index (κ1) is 27.7. The molecule has 6 rings (SSSR count). The maximum absolute atomic E-state index is 14.2. The zero-order valence-electron chi connectivity index (χ0n) is 23.1. The number of aliphatic imine (C=N–C) groups is 2. The standard InChI is InChI=1S/C30H30FN7O3S/c1-3-33-23-7-5-19(13-24(23)32-2)34-15-27-28(35-17-42-27)30(40)38-16-25-21(20-12-18(31)4-6-22(20)36-25)14-26(38)29(39)37-8-10-41-11-9-37/h3-7,12-13,17,26,34,36H,2,8-11,14-16H2,1H3/t26-/m1/s1. The van der Waals surface area contributed by atoms with Gasteiger partial charge in [0, 0.05) is 48.0 Å². The molecular formula is C30H30FN7O3S. The van der Waals surface area contributed by atoms with Gasteiger partial charge in [-0.15, -0.1) is 11.3 Å². The Labute approximate surface area is 245 Å². The minimum Gasteiger partial charge on any atom is -0.380 e. The second-order valence-electron chi connectivity index (χ2n) is 10.1. The molecule has 0 aliphatic carbocycles. The Morgan fingerprint density at radius 1 is 1.24 bits per heavy atom. The molecule has 1 fully saturated rings. The smallest absolute Gasteiger partial charge is 0.274 e. The Hall–Kier alpha value is -4.42. The first-order valence-electron chi connectivity index (χ1n) is 13.7. The summed E-state index contributed by atoms with van der Waals surface area (Å²) in [5, 5.41) is 4.08. The van der Waals surface area contributed by atoms with Crippen LogP contribution in [-0.4, -0.2) is 76.9 Å². The Morgan fingerprint density at radius 2 is 2.07 bits per heavy atom. The first-order valence-corrected chi connectivity index (χ1v) is 14.6. The lowest BCUT2D eigenvalue weighted by Gasteiger charge is -2.38. The van der Waals surface area contributed by atoms with Crippen LogP contribution in [0.3, 0.4) is 0 Å². The summed E-state index contributed by atoms with van der Waals surface area (Å²) in [4.78, 5) is 48.2. The van der Waals surface area contributed by atoms with Gasteiger partial charge in [-0.3, -0.25) is 19.6 Å². The van der Waals surface area contributed by atoms with Crippen molar-refractivity contribution in [1.29, 1.82) is 0 Å². The number of aromatic nitrogens is 2. The topological polar surface area (TPSA) is 115 Å². The Bertz CT molecular complexity index is 1690. The van der Waals surface area contributed by atoms with E-state index in [4.69, 9.17) is 4.74 Å². The number of thiazole rings is 1. The number of fused-ring (bicyclic) bond motifs is 3. The molecule has 2 aliphatic rings. The molecule has 42 heavy (non-hydrogen) atoms. The molecule has 2 amide bonds. The molecule has 216 valence electrons. The molecule has 0 saturated carbocycles. The monoisotopic (exact) mass is 587 g/mol. The van der Waals surface area contributed by atoms with Crippen LogP contribution in [0, 0.1) is 5.82 Å². The number of hydrogen-bond donors (Lipinski definition) is 2. The third kappa shape index (κ3) is 5.30. The number of ether oxygens (including phenoxy) is 1. The van der Waals surface area contributed by atoms with Crippen molar-refractivity contribution in [3.63, 3.8) is 0 Å². The quantitative estimate of drug-likeness (QED) is 0.300. The maximum Gasteiger partial charge on any atom is 0.274 e. The van der Waals surface area contributed by atoms with E-state index in [1.807, 2.05) is 25.1 Å². The number of nitrogens with one attached hydrogen (secondary N) is 2. The largest absolute Gasteiger partial charge is 0.380 e. The van der Waals surface area contributed by atoms with Crippen molar-refractivity contribution < 1.29 is 18.7 Å². The number of carbonyl (C=O) groups excluding carboxylic acids is 2. The molecule has 2 aromatic carbocycles. The van der Waals surface area contributed by atoms with Crippen molar-refractivity contribution in [2.75, 3.05) is 31.6 Å². The molecule has 1 atom stereocenters. The van der Waals surface area contributed by atoms with Gasteiger partial charge in [0.25, 0.3) is 5.91 Å². The highest BCUT2D eigenvalue weighted by molar-refractivity contribution is 7.10. The van der Waals surface area contributed by atoms with Crippen molar-refractivity contribution in [1.82, 2.24) is 19.8 Å². The van der Waals surface area contributed by atoms with E-state index in [0.29, 0.717) is 49.9 Å². The fourth-order valence-electron chi connectivity index (χ4n) is 5.55. The summed E-state index contributed by atoms with van der Waals surface area (Å²) >= 11 is 1.37. The normalized spacial score (nSPS) is 17.0. The van der Waals surface area contributed by atoms with E-state index in [9.17, 15) is 14.0 Å². The van der Waals surface area contributed by atoms with Crippen molar-refractivity contribution in [3.8, 4) is 0 Å². The molecule has 12 heteroatoms. The van der Waals surface area contributed by atoms with E-state index in [1.165, 1.54) is 23.5 Å². The molecule has 4 aromatic rings. The average molecular weight is 588 g/mol. The van der Waals surface area contributed by atoms with E-state index < -0.39 is 6.04 Å². The predicted octanol–water partition coefficient (Wildman–Crippen LogP) is 4.86. The Morgan fingerprint density at radius 3 is 2.86 bits per heavy atom. The number of halogens is 1. The van der Waals surface area contributed by atoms with Gasteiger partial charge < -0.3 is 24.8 Å². The van der Waals surface area contributed by atoms with Crippen LogP contribution < -0.4 is 5.32 Å². The lowest BCUT2D eigenvalue weighted by atomic mass is 9.95. The molecule has 0 radical (unpaired) electrons. The number of carbonyl (C=O) groups is 2. The second-order valence-corrected chi connectivity index (χ2v) is 11.0. The van der Waals surface area contributed by atoms with Gasteiger partial charge in [0.1, 0.15) is 17.6 Å². The minimum absolute atomic E-state index is 0.141. The van der Waals surface area contributed by atoms with E-state index in [-0.39, 0.29) is 30.6 Å². The van der Waals surface area contributed by atoms with Gasteiger partial charge in [0.2, 0.25) is 5.91 Å². The van der Waals surface area contributed by atoms with Gasteiger partial charge in [-0.25, -0.2) is 9.37 Å². The summed E-state index contributed by atoms with van der Waals surface area (Å²) in [6, 6.07) is 9.41. The zero-order valence-corrected chi connectivity index (χ0v) is 23.9. The number of amides is 2. The molecule has 0 unspecified atom stereocenters. The third-order valence-corrected chi connectivity index (χ3v) is 8.47. The molecule has 10 nitrogen and oxygen atoms in total. The molecule has 2 aliphatic heterocycles. The van der Waals surface area contributed by atoms with E-state index >= 15 is 0 Å². The van der Waals surface area contributed by atoms with Crippen LogP contribution in [-0.2, 0) is 29.0 Å². The number of benzene rings is 2. The van der Waals surface area contributed by atoms with Gasteiger partial charge in [-0.05, 0) is 55.6 Å². The van der Waals surface area contributed by atoms with Gasteiger partial charge in [-0.2, -0.15) is 0 Å². The molecule has 4 heterocycles. The fourth-order valence-corrected chi connectivity index (χ4v) is 6.25. The van der Waals surface area contributed by atoms with E-state index in [0.717, 1.165) is 32.7 Å². The van der Waals surface area contributed by atoms with Crippen molar-refractivity contribution in [2.24, 2.45) is 9.98 Å². The van der Waals surface area contributed by atoms with Crippen molar-refractivity contribution >= 4 is 64.0 Å². The van der Waals surface area contributed by atoms with Crippen LogP contribution in [0.2, 0.25) is 0 Å². The molecule has 2 aromatic heterocycles. The number of morpholine rings is 1. The molecule has 1 saturated heterocycles. The van der Waals surface area contributed by atoms with Crippen LogP contribution in [0.1, 0.15) is 33.5 Å².